The molecule has 0 aliphatic carbocycles. The summed E-state index contributed by atoms with van der Waals surface area (Å²) in [6.07, 6.45) is 3.50. The SMILES string of the molecule is COc1cccc(/C=C/C(=O)N2CCN(c3cccc(C)c3C)CC2)c1. The molecular weight excluding hydrogens is 324 g/mol. The first kappa shape index (κ1) is 18.1. The Bertz CT molecular complexity index is 806. The van der Waals surface area contributed by atoms with Crippen LogP contribution in [0.15, 0.2) is 48.5 Å². The number of carbonyl (C=O) groups is 1. The normalized spacial score (nSPS) is 14.7. The smallest absolute Gasteiger partial charge is 0.246 e. The molecule has 0 radical (unpaired) electrons. The summed E-state index contributed by atoms with van der Waals surface area (Å²) in [6, 6.07) is 14.1. The van der Waals surface area contributed by atoms with Crippen molar-refractivity contribution in [2.45, 2.75) is 13.8 Å². The maximum atomic E-state index is 12.5. The number of benzene rings is 2. The summed E-state index contributed by atoms with van der Waals surface area (Å²) < 4.78 is 5.22. The number of anilines is 1. The molecular formula is C22H26N2O2. The molecule has 1 saturated heterocycles. The fourth-order valence-corrected chi connectivity index (χ4v) is 3.26. The van der Waals surface area contributed by atoms with E-state index in [-0.39, 0.29) is 5.91 Å². The van der Waals surface area contributed by atoms with Crippen molar-refractivity contribution >= 4 is 17.7 Å². The summed E-state index contributed by atoms with van der Waals surface area (Å²) in [5.74, 6) is 0.857. The number of hydrogen-bond donors (Lipinski definition) is 0. The van der Waals surface area contributed by atoms with Gasteiger partial charge in [-0.15, -0.1) is 0 Å². The van der Waals surface area contributed by atoms with Crippen LogP contribution in [0.3, 0.4) is 0 Å². The minimum absolute atomic E-state index is 0.0634. The van der Waals surface area contributed by atoms with Gasteiger partial charge in [-0.2, -0.15) is 0 Å². The van der Waals surface area contributed by atoms with Crippen LogP contribution >= 0.6 is 0 Å². The van der Waals surface area contributed by atoms with E-state index >= 15 is 0 Å². The molecule has 0 bridgehead atoms. The minimum atomic E-state index is 0.0634. The number of amides is 1. The van der Waals surface area contributed by atoms with Crippen LogP contribution in [0.2, 0.25) is 0 Å². The van der Waals surface area contributed by atoms with Crippen LogP contribution in [-0.4, -0.2) is 44.1 Å². The Hall–Kier alpha value is -2.75. The van der Waals surface area contributed by atoms with E-state index in [1.807, 2.05) is 35.2 Å². The van der Waals surface area contributed by atoms with Crippen molar-refractivity contribution in [3.63, 3.8) is 0 Å². The molecule has 1 aliphatic heterocycles. The van der Waals surface area contributed by atoms with Crippen LogP contribution in [0.1, 0.15) is 16.7 Å². The Kier molecular flexibility index (Phi) is 5.61. The number of carbonyl (C=O) groups excluding carboxylic acids is 1. The third-order valence-corrected chi connectivity index (χ3v) is 5.02. The lowest BCUT2D eigenvalue weighted by atomic mass is 10.1. The van der Waals surface area contributed by atoms with Gasteiger partial charge in [0.25, 0.3) is 0 Å². The number of piperazine rings is 1. The van der Waals surface area contributed by atoms with E-state index in [9.17, 15) is 4.79 Å². The quantitative estimate of drug-likeness (QED) is 0.789. The molecule has 0 spiro atoms. The van der Waals surface area contributed by atoms with Gasteiger partial charge in [-0.1, -0.05) is 24.3 Å². The zero-order valence-electron chi connectivity index (χ0n) is 15.7. The topological polar surface area (TPSA) is 32.8 Å². The molecule has 1 aliphatic rings. The van der Waals surface area contributed by atoms with Gasteiger partial charge in [0.15, 0.2) is 0 Å². The minimum Gasteiger partial charge on any atom is -0.497 e. The van der Waals surface area contributed by atoms with Gasteiger partial charge in [0.2, 0.25) is 5.91 Å². The van der Waals surface area contributed by atoms with Crippen LogP contribution in [0.4, 0.5) is 5.69 Å². The van der Waals surface area contributed by atoms with E-state index in [1.54, 1.807) is 13.2 Å². The maximum absolute atomic E-state index is 12.5. The first-order chi connectivity index (χ1) is 12.6. The van der Waals surface area contributed by atoms with E-state index in [1.165, 1.54) is 16.8 Å². The Labute approximate surface area is 155 Å². The third-order valence-electron chi connectivity index (χ3n) is 5.02. The lowest BCUT2D eigenvalue weighted by molar-refractivity contribution is -0.126. The van der Waals surface area contributed by atoms with Crippen molar-refractivity contribution in [1.29, 1.82) is 0 Å². The molecule has 1 fully saturated rings. The van der Waals surface area contributed by atoms with Crippen molar-refractivity contribution in [2.24, 2.45) is 0 Å². The number of methoxy groups -OCH3 is 1. The molecule has 2 aromatic carbocycles. The maximum Gasteiger partial charge on any atom is 0.246 e. The van der Waals surface area contributed by atoms with Gasteiger partial charge in [-0.3, -0.25) is 4.79 Å². The van der Waals surface area contributed by atoms with Gasteiger partial charge < -0.3 is 14.5 Å². The highest BCUT2D eigenvalue weighted by Crippen LogP contribution is 2.24. The number of ether oxygens (including phenoxy) is 1. The lowest BCUT2D eigenvalue weighted by Crippen LogP contribution is -2.48. The number of hydrogen-bond acceptors (Lipinski definition) is 3. The van der Waals surface area contributed by atoms with Crippen molar-refractivity contribution in [2.75, 3.05) is 38.2 Å². The van der Waals surface area contributed by atoms with Gasteiger partial charge in [-0.05, 0) is 54.8 Å². The molecule has 1 amide bonds. The van der Waals surface area contributed by atoms with E-state index in [4.69, 9.17) is 4.74 Å². The molecule has 1 heterocycles. The molecule has 4 heteroatoms. The second-order valence-electron chi connectivity index (χ2n) is 6.64. The predicted molar refractivity (Wildman–Crippen MR) is 107 cm³/mol. The fraction of sp³-hybridized carbons (Fsp3) is 0.318. The average molecular weight is 350 g/mol. The lowest BCUT2D eigenvalue weighted by Gasteiger charge is -2.36. The van der Waals surface area contributed by atoms with Gasteiger partial charge in [0, 0.05) is 37.9 Å². The van der Waals surface area contributed by atoms with Crippen molar-refractivity contribution in [3.8, 4) is 5.75 Å². The Morgan fingerprint density at radius 1 is 1.04 bits per heavy atom. The van der Waals surface area contributed by atoms with Gasteiger partial charge in [0.1, 0.15) is 5.75 Å². The van der Waals surface area contributed by atoms with Crippen LogP contribution in [0.5, 0.6) is 5.75 Å². The largest absolute Gasteiger partial charge is 0.497 e. The third kappa shape index (κ3) is 4.07. The molecule has 4 nitrogen and oxygen atoms in total. The molecule has 0 saturated carbocycles. The van der Waals surface area contributed by atoms with Gasteiger partial charge in [0.05, 0.1) is 7.11 Å². The van der Waals surface area contributed by atoms with E-state index in [2.05, 4.69) is 36.9 Å². The Balaban J connectivity index is 1.59. The molecule has 26 heavy (non-hydrogen) atoms. The average Bonchev–Trinajstić information content (AvgIpc) is 2.68. The van der Waals surface area contributed by atoms with Crippen molar-refractivity contribution in [3.05, 3.63) is 65.2 Å². The highest BCUT2D eigenvalue weighted by molar-refractivity contribution is 5.92. The molecule has 136 valence electrons. The van der Waals surface area contributed by atoms with E-state index in [0.717, 1.165) is 37.5 Å². The summed E-state index contributed by atoms with van der Waals surface area (Å²) in [6.45, 7) is 7.52. The zero-order chi connectivity index (χ0) is 18.5. The van der Waals surface area contributed by atoms with Gasteiger partial charge >= 0.3 is 0 Å². The fourth-order valence-electron chi connectivity index (χ4n) is 3.26. The molecule has 0 aromatic heterocycles. The predicted octanol–water partition coefficient (Wildman–Crippen LogP) is 3.67. The summed E-state index contributed by atoms with van der Waals surface area (Å²) in [7, 11) is 1.64. The van der Waals surface area contributed by atoms with E-state index in [0.29, 0.717) is 0 Å². The molecule has 3 rings (SSSR count). The summed E-state index contributed by atoms with van der Waals surface area (Å²) >= 11 is 0. The first-order valence-electron chi connectivity index (χ1n) is 9.00. The van der Waals surface area contributed by atoms with Gasteiger partial charge in [-0.25, -0.2) is 0 Å². The summed E-state index contributed by atoms with van der Waals surface area (Å²) in [5.41, 5.74) is 4.88. The standard InChI is InChI=1S/C22H26N2O2/c1-17-6-4-9-21(18(17)2)23-12-14-24(15-13-23)22(25)11-10-19-7-5-8-20(16-19)26-3/h4-11,16H,12-15H2,1-3H3/b11-10+. The van der Waals surface area contributed by atoms with Crippen LogP contribution < -0.4 is 9.64 Å². The van der Waals surface area contributed by atoms with Crippen molar-refractivity contribution < 1.29 is 9.53 Å². The Morgan fingerprint density at radius 2 is 1.77 bits per heavy atom. The molecule has 2 aromatic rings. The number of aryl methyl sites for hydroxylation is 1. The highest BCUT2D eigenvalue weighted by Gasteiger charge is 2.20. The summed E-state index contributed by atoms with van der Waals surface area (Å²) in [5, 5.41) is 0. The number of nitrogens with zero attached hydrogens (tertiary/aromatic N) is 2. The van der Waals surface area contributed by atoms with Crippen LogP contribution in [-0.2, 0) is 4.79 Å². The van der Waals surface area contributed by atoms with Crippen molar-refractivity contribution in [1.82, 2.24) is 4.90 Å². The van der Waals surface area contributed by atoms with E-state index < -0.39 is 0 Å². The monoisotopic (exact) mass is 350 g/mol. The highest BCUT2D eigenvalue weighted by atomic mass is 16.5. The second kappa shape index (κ2) is 8.09. The Morgan fingerprint density at radius 3 is 2.50 bits per heavy atom. The zero-order valence-corrected chi connectivity index (χ0v) is 15.7. The molecule has 0 N–H and O–H groups in total. The van der Waals surface area contributed by atoms with Crippen LogP contribution in [0, 0.1) is 13.8 Å². The molecule has 0 atom stereocenters. The second-order valence-corrected chi connectivity index (χ2v) is 6.64. The summed E-state index contributed by atoms with van der Waals surface area (Å²) in [4.78, 5) is 16.8. The van der Waals surface area contributed by atoms with Crippen LogP contribution in [0.25, 0.3) is 6.08 Å². The first-order valence-corrected chi connectivity index (χ1v) is 9.00. The molecule has 0 unspecified atom stereocenters. The number of rotatable bonds is 4.